The van der Waals surface area contributed by atoms with Gasteiger partial charge in [-0.15, -0.1) is 0 Å². The molecule has 1 aromatic heterocycles. The molecule has 0 aliphatic heterocycles. The molecule has 26 heavy (non-hydrogen) atoms. The maximum Gasteiger partial charge on any atom is 0.216 e. The van der Waals surface area contributed by atoms with Gasteiger partial charge in [-0.2, -0.15) is 14.9 Å². The molecule has 1 N–H and O–H groups in total. The minimum Gasteiger partial charge on any atom is -0.490 e. The number of benzene rings is 1. The summed E-state index contributed by atoms with van der Waals surface area (Å²) in [5, 5.41) is 11.3. The number of hydrogen-bond acceptors (Lipinski definition) is 5. The van der Waals surface area contributed by atoms with Gasteiger partial charge in [0.05, 0.1) is 19.4 Å². The third kappa shape index (κ3) is 5.69. The quantitative estimate of drug-likeness (QED) is 0.349. The fraction of sp³-hybridized carbons (Fsp3) is 0.526. The number of ether oxygens (including phenoxy) is 2. The fourth-order valence-electron chi connectivity index (χ4n) is 2.50. The van der Waals surface area contributed by atoms with Crippen LogP contribution >= 0.6 is 12.2 Å². The molecule has 7 heteroatoms. The number of nitrogens with zero attached hydrogens (tertiary/aromatic N) is 3. The Hall–Kier alpha value is -2.15. The maximum atomic E-state index is 5.89. The molecule has 0 saturated heterocycles. The minimum absolute atomic E-state index is 0.482. The molecule has 0 radical (unpaired) electrons. The van der Waals surface area contributed by atoms with Crippen LogP contribution in [0.25, 0.3) is 0 Å². The van der Waals surface area contributed by atoms with E-state index < -0.39 is 0 Å². The van der Waals surface area contributed by atoms with Crippen molar-refractivity contribution in [1.29, 1.82) is 0 Å². The Balaban J connectivity index is 2.10. The Bertz CT molecular complexity index is 767. The van der Waals surface area contributed by atoms with Crippen molar-refractivity contribution < 1.29 is 9.47 Å². The zero-order chi connectivity index (χ0) is 18.8. The van der Waals surface area contributed by atoms with Gasteiger partial charge in [0.15, 0.2) is 17.3 Å². The fourth-order valence-corrected chi connectivity index (χ4v) is 2.70. The summed E-state index contributed by atoms with van der Waals surface area (Å²) < 4.78 is 13.7. The Kier molecular flexibility index (Phi) is 8.34. The molecule has 6 nitrogen and oxygen atoms in total. The number of unbranched alkanes of at least 4 members (excludes halogenated alkanes) is 3. The lowest BCUT2D eigenvalue weighted by molar-refractivity contribution is 0.270. The van der Waals surface area contributed by atoms with Crippen molar-refractivity contribution in [2.24, 2.45) is 5.10 Å². The van der Waals surface area contributed by atoms with E-state index in [1.54, 1.807) is 10.9 Å². The maximum absolute atomic E-state index is 5.89. The Labute approximate surface area is 160 Å². The summed E-state index contributed by atoms with van der Waals surface area (Å²) in [7, 11) is 0. The van der Waals surface area contributed by atoms with Crippen LogP contribution in [0, 0.1) is 4.77 Å². The number of H-pyrrole nitrogens is 1. The Morgan fingerprint density at radius 3 is 2.73 bits per heavy atom. The summed E-state index contributed by atoms with van der Waals surface area (Å²) in [4.78, 5) is 0. The highest BCUT2D eigenvalue weighted by atomic mass is 32.1. The summed E-state index contributed by atoms with van der Waals surface area (Å²) in [5.74, 6) is 2.30. The predicted molar refractivity (Wildman–Crippen MR) is 107 cm³/mol. The Morgan fingerprint density at radius 1 is 1.15 bits per heavy atom. The molecule has 1 heterocycles. The van der Waals surface area contributed by atoms with E-state index >= 15 is 0 Å². The molecule has 0 unspecified atom stereocenters. The standard InChI is InChI=1S/C19H28N4O2S/c1-4-7-8-9-12-25-16-11-10-15(13-17(16)24-6-3)14-20-23-18(5-2)21-22-19(23)26/h10-11,13-14H,4-9,12H2,1-3H3,(H,22,26)/b20-14+. The molecular weight excluding hydrogens is 348 g/mol. The first kappa shape index (κ1) is 20.2. The zero-order valence-electron chi connectivity index (χ0n) is 15.8. The largest absolute Gasteiger partial charge is 0.490 e. The van der Waals surface area contributed by atoms with Gasteiger partial charge in [0, 0.05) is 6.42 Å². The summed E-state index contributed by atoms with van der Waals surface area (Å²) in [6.45, 7) is 7.46. The van der Waals surface area contributed by atoms with Crippen LogP contribution in [0.3, 0.4) is 0 Å². The van der Waals surface area contributed by atoms with E-state index in [9.17, 15) is 0 Å². The van der Waals surface area contributed by atoms with Gasteiger partial charge in [-0.25, -0.2) is 0 Å². The molecule has 0 bridgehead atoms. The summed E-state index contributed by atoms with van der Waals surface area (Å²) in [6, 6.07) is 5.83. The van der Waals surface area contributed by atoms with Crippen LogP contribution in [0.2, 0.25) is 0 Å². The van der Waals surface area contributed by atoms with Gasteiger partial charge in [0.1, 0.15) is 0 Å². The van der Waals surface area contributed by atoms with E-state index in [-0.39, 0.29) is 0 Å². The SMILES string of the molecule is CCCCCCOc1ccc(/C=N/n2c(CC)n[nH]c2=S)cc1OCC. The van der Waals surface area contributed by atoms with Gasteiger partial charge in [0.2, 0.25) is 4.77 Å². The number of aromatic amines is 1. The minimum atomic E-state index is 0.482. The second-order valence-corrected chi connectivity index (χ2v) is 6.29. The van der Waals surface area contributed by atoms with E-state index in [0.717, 1.165) is 35.7 Å². The average Bonchev–Trinajstić information content (AvgIpc) is 3.01. The van der Waals surface area contributed by atoms with Crippen molar-refractivity contribution in [3.05, 3.63) is 34.4 Å². The van der Waals surface area contributed by atoms with Gasteiger partial charge >= 0.3 is 0 Å². The molecule has 2 aromatic rings. The molecule has 0 spiro atoms. The Morgan fingerprint density at radius 2 is 2.00 bits per heavy atom. The molecule has 0 fully saturated rings. The summed E-state index contributed by atoms with van der Waals surface area (Å²) in [6.07, 6.45) is 7.21. The van der Waals surface area contributed by atoms with E-state index in [4.69, 9.17) is 21.7 Å². The third-order valence-electron chi connectivity index (χ3n) is 3.88. The monoisotopic (exact) mass is 376 g/mol. The predicted octanol–water partition coefficient (Wildman–Crippen LogP) is 4.74. The number of aromatic nitrogens is 3. The van der Waals surface area contributed by atoms with Crippen molar-refractivity contribution in [2.45, 2.75) is 52.9 Å². The first-order valence-corrected chi connectivity index (χ1v) is 9.70. The van der Waals surface area contributed by atoms with Crippen molar-refractivity contribution >= 4 is 18.4 Å². The first-order valence-electron chi connectivity index (χ1n) is 9.29. The van der Waals surface area contributed by atoms with Crippen molar-refractivity contribution in [3.63, 3.8) is 0 Å². The molecule has 0 aliphatic rings. The zero-order valence-corrected chi connectivity index (χ0v) is 16.6. The molecule has 0 saturated carbocycles. The van der Waals surface area contributed by atoms with Crippen molar-refractivity contribution in [3.8, 4) is 11.5 Å². The molecule has 0 aliphatic carbocycles. The third-order valence-corrected chi connectivity index (χ3v) is 4.14. The van der Waals surface area contributed by atoms with Crippen LogP contribution in [0.1, 0.15) is 57.8 Å². The van der Waals surface area contributed by atoms with Gasteiger partial charge in [0.25, 0.3) is 0 Å². The number of aryl methyl sites for hydroxylation is 1. The van der Waals surface area contributed by atoms with Gasteiger partial charge in [-0.05, 0) is 49.3 Å². The summed E-state index contributed by atoms with van der Waals surface area (Å²) in [5.41, 5.74) is 0.914. The lowest BCUT2D eigenvalue weighted by Crippen LogP contribution is -2.02. The molecule has 0 atom stereocenters. The van der Waals surface area contributed by atoms with Crippen molar-refractivity contribution in [2.75, 3.05) is 13.2 Å². The van der Waals surface area contributed by atoms with Crippen LogP contribution in [0.15, 0.2) is 23.3 Å². The highest BCUT2D eigenvalue weighted by Crippen LogP contribution is 2.28. The van der Waals surface area contributed by atoms with Crippen LogP contribution < -0.4 is 9.47 Å². The second kappa shape index (κ2) is 10.8. The van der Waals surface area contributed by atoms with Crippen LogP contribution in [0.4, 0.5) is 0 Å². The molecule has 0 amide bonds. The smallest absolute Gasteiger partial charge is 0.216 e. The van der Waals surface area contributed by atoms with Gasteiger partial charge < -0.3 is 9.47 Å². The normalized spacial score (nSPS) is 11.2. The van der Waals surface area contributed by atoms with Crippen LogP contribution in [0.5, 0.6) is 11.5 Å². The number of nitrogens with one attached hydrogen (secondary N) is 1. The first-order chi connectivity index (χ1) is 12.7. The van der Waals surface area contributed by atoms with E-state index in [1.165, 1.54) is 19.3 Å². The topological polar surface area (TPSA) is 64.4 Å². The lowest BCUT2D eigenvalue weighted by Gasteiger charge is -2.12. The number of rotatable bonds is 11. The van der Waals surface area contributed by atoms with Crippen LogP contribution in [-0.2, 0) is 6.42 Å². The second-order valence-electron chi connectivity index (χ2n) is 5.90. The van der Waals surface area contributed by atoms with E-state index in [2.05, 4.69) is 22.2 Å². The summed E-state index contributed by atoms with van der Waals surface area (Å²) >= 11 is 5.21. The van der Waals surface area contributed by atoms with Crippen LogP contribution in [-0.4, -0.2) is 34.3 Å². The number of hydrogen-bond donors (Lipinski definition) is 1. The average molecular weight is 377 g/mol. The van der Waals surface area contributed by atoms with E-state index in [1.807, 2.05) is 32.0 Å². The van der Waals surface area contributed by atoms with Crippen molar-refractivity contribution in [1.82, 2.24) is 14.9 Å². The highest BCUT2D eigenvalue weighted by Gasteiger charge is 2.07. The molecule has 2 rings (SSSR count). The highest BCUT2D eigenvalue weighted by molar-refractivity contribution is 7.71. The molecule has 1 aromatic carbocycles. The molecule has 142 valence electrons. The van der Waals surface area contributed by atoms with E-state index in [0.29, 0.717) is 18.0 Å². The lowest BCUT2D eigenvalue weighted by atomic mass is 10.2. The van der Waals surface area contributed by atoms with Gasteiger partial charge in [-0.3, -0.25) is 5.10 Å². The van der Waals surface area contributed by atoms with Gasteiger partial charge in [-0.1, -0.05) is 33.1 Å². The molecular formula is C19H28N4O2S.